The van der Waals surface area contributed by atoms with Crippen molar-refractivity contribution in [3.8, 4) is 0 Å². The first kappa shape index (κ1) is 22.0. The van der Waals surface area contributed by atoms with E-state index in [1.165, 1.54) is 67.5 Å². The summed E-state index contributed by atoms with van der Waals surface area (Å²) in [5, 5.41) is 7.40. The minimum Gasteiger partial charge on any atom is -0.303 e. The van der Waals surface area contributed by atoms with Crippen molar-refractivity contribution >= 4 is 22.1 Å². The minimum absolute atomic E-state index is 0.646. The van der Waals surface area contributed by atoms with Crippen LogP contribution in [0.15, 0.2) is 89.6 Å². The number of likely N-dealkylation sites (tertiary alicyclic amines) is 2. The fourth-order valence-electron chi connectivity index (χ4n) is 6.32. The van der Waals surface area contributed by atoms with Crippen LogP contribution in [0.2, 0.25) is 0 Å². The fraction of sp³-hybridized carbons (Fsp3) is 0.355. The molecule has 174 valence electrons. The normalized spacial score (nSPS) is 22.5. The molecule has 2 aliphatic heterocycles. The number of hydrogen-bond acceptors (Lipinski definition) is 3. The summed E-state index contributed by atoms with van der Waals surface area (Å²) < 4.78 is 0. The first-order valence-electron chi connectivity index (χ1n) is 12.8. The van der Waals surface area contributed by atoms with E-state index < -0.39 is 0 Å². The largest absolute Gasteiger partial charge is 0.303 e. The van der Waals surface area contributed by atoms with Crippen molar-refractivity contribution in [1.82, 2.24) is 9.80 Å². The SMILES string of the molecule is c1ccc(C2CCN(C[C@@H]3CN(Cc4cccc5ccccc45)C[C@H]3c3ccsc3)CC2)cc1. The fourth-order valence-corrected chi connectivity index (χ4v) is 7.04. The maximum atomic E-state index is 2.75. The van der Waals surface area contributed by atoms with Gasteiger partial charge in [-0.05, 0) is 82.1 Å². The summed E-state index contributed by atoms with van der Waals surface area (Å²) in [5.41, 5.74) is 4.54. The second kappa shape index (κ2) is 10.0. The van der Waals surface area contributed by atoms with E-state index in [-0.39, 0.29) is 0 Å². The zero-order chi connectivity index (χ0) is 22.7. The van der Waals surface area contributed by atoms with Crippen LogP contribution in [0, 0.1) is 5.92 Å². The van der Waals surface area contributed by atoms with Crippen LogP contribution < -0.4 is 0 Å². The van der Waals surface area contributed by atoms with Gasteiger partial charge in [0.1, 0.15) is 0 Å². The lowest BCUT2D eigenvalue weighted by Gasteiger charge is -2.34. The number of fused-ring (bicyclic) bond motifs is 1. The lowest BCUT2D eigenvalue weighted by molar-refractivity contribution is 0.177. The van der Waals surface area contributed by atoms with E-state index in [2.05, 4.69) is 99.4 Å². The van der Waals surface area contributed by atoms with Crippen molar-refractivity contribution < 1.29 is 0 Å². The van der Waals surface area contributed by atoms with E-state index >= 15 is 0 Å². The van der Waals surface area contributed by atoms with E-state index in [9.17, 15) is 0 Å². The molecule has 2 saturated heterocycles. The van der Waals surface area contributed by atoms with E-state index in [1.54, 1.807) is 5.56 Å². The van der Waals surface area contributed by atoms with Gasteiger partial charge in [0.25, 0.3) is 0 Å². The molecular weight excluding hydrogens is 432 g/mol. The standard InChI is InChI=1S/C31H34N2S/c1-2-7-24(8-3-1)25-13-16-32(17-14-25)20-29-21-33(22-31(29)28-15-18-34-23-28)19-27-11-6-10-26-9-4-5-12-30(26)27/h1-12,15,18,23,25,29,31H,13-14,16-17,19-22H2/t29-,31+/m1/s1. The highest BCUT2D eigenvalue weighted by atomic mass is 32.1. The van der Waals surface area contributed by atoms with Crippen LogP contribution in [0.1, 0.15) is 41.4 Å². The third kappa shape index (κ3) is 4.70. The lowest BCUT2D eigenvalue weighted by Crippen LogP contribution is -2.38. The molecule has 0 N–H and O–H groups in total. The molecule has 3 aromatic carbocycles. The molecule has 0 spiro atoms. The van der Waals surface area contributed by atoms with E-state index in [1.807, 2.05) is 11.3 Å². The third-order valence-corrected chi connectivity index (χ3v) is 8.81. The van der Waals surface area contributed by atoms with Gasteiger partial charge in [-0.25, -0.2) is 0 Å². The zero-order valence-electron chi connectivity index (χ0n) is 19.9. The topological polar surface area (TPSA) is 6.48 Å². The molecule has 0 radical (unpaired) electrons. The van der Waals surface area contributed by atoms with Gasteiger partial charge in [-0.3, -0.25) is 4.90 Å². The van der Waals surface area contributed by atoms with E-state index in [4.69, 9.17) is 0 Å². The summed E-state index contributed by atoms with van der Waals surface area (Å²) in [5.74, 6) is 2.09. The van der Waals surface area contributed by atoms with Crippen molar-refractivity contribution in [2.24, 2.45) is 5.92 Å². The second-order valence-electron chi connectivity index (χ2n) is 10.2. The van der Waals surface area contributed by atoms with E-state index in [0.717, 1.165) is 12.5 Å². The Morgan fingerprint density at radius 2 is 1.53 bits per heavy atom. The molecule has 3 heteroatoms. The Morgan fingerprint density at radius 3 is 2.35 bits per heavy atom. The maximum absolute atomic E-state index is 2.75. The lowest BCUT2D eigenvalue weighted by atomic mass is 9.87. The van der Waals surface area contributed by atoms with Crippen molar-refractivity contribution in [2.45, 2.75) is 31.2 Å². The molecular formula is C31H34N2S. The Hall–Kier alpha value is -2.46. The number of nitrogens with zero attached hydrogens (tertiary/aromatic N) is 2. The van der Waals surface area contributed by atoms with Crippen LogP contribution in [0.25, 0.3) is 10.8 Å². The Morgan fingerprint density at radius 1 is 0.735 bits per heavy atom. The van der Waals surface area contributed by atoms with Crippen molar-refractivity contribution in [3.63, 3.8) is 0 Å². The molecule has 0 amide bonds. The van der Waals surface area contributed by atoms with Crippen LogP contribution in [-0.2, 0) is 6.54 Å². The predicted octanol–water partition coefficient (Wildman–Crippen LogP) is 7.00. The van der Waals surface area contributed by atoms with Crippen LogP contribution in [-0.4, -0.2) is 42.5 Å². The second-order valence-corrected chi connectivity index (χ2v) is 11.0. The van der Waals surface area contributed by atoms with Gasteiger partial charge in [0.05, 0.1) is 0 Å². The summed E-state index contributed by atoms with van der Waals surface area (Å²) in [7, 11) is 0. The average Bonchev–Trinajstić information content (AvgIpc) is 3.56. The van der Waals surface area contributed by atoms with Crippen LogP contribution >= 0.6 is 11.3 Å². The quantitative estimate of drug-likeness (QED) is 0.302. The molecule has 34 heavy (non-hydrogen) atoms. The number of thiophene rings is 1. The van der Waals surface area contributed by atoms with Gasteiger partial charge in [0, 0.05) is 32.1 Å². The molecule has 1 aromatic heterocycles. The Kier molecular flexibility index (Phi) is 6.50. The molecule has 2 nitrogen and oxygen atoms in total. The first-order valence-corrected chi connectivity index (χ1v) is 13.8. The third-order valence-electron chi connectivity index (χ3n) is 8.11. The highest BCUT2D eigenvalue weighted by Gasteiger charge is 2.36. The van der Waals surface area contributed by atoms with Gasteiger partial charge in [-0.1, -0.05) is 72.8 Å². The Labute approximate surface area is 207 Å². The van der Waals surface area contributed by atoms with E-state index in [0.29, 0.717) is 11.8 Å². The summed E-state index contributed by atoms with van der Waals surface area (Å²) in [4.78, 5) is 5.47. The molecule has 4 aromatic rings. The Bertz CT molecular complexity index is 1190. The minimum atomic E-state index is 0.646. The first-order chi connectivity index (χ1) is 16.8. The molecule has 2 atom stereocenters. The van der Waals surface area contributed by atoms with Crippen molar-refractivity contribution in [3.05, 3.63) is 106 Å². The van der Waals surface area contributed by atoms with Crippen LogP contribution in [0.5, 0.6) is 0 Å². The molecule has 2 fully saturated rings. The highest BCUT2D eigenvalue weighted by molar-refractivity contribution is 7.08. The monoisotopic (exact) mass is 466 g/mol. The Balaban J connectivity index is 1.14. The molecule has 0 aliphatic carbocycles. The number of rotatable bonds is 6. The molecule has 6 rings (SSSR count). The summed E-state index contributed by atoms with van der Waals surface area (Å²) in [6.07, 6.45) is 2.58. The maximum Gasteiger partial charge on any atom is 0.0240 e. The number of benzene rings is 3. The predicted molar refractivity (Wildman–Crippen MR) is 145 cm³/mol. The summed E-state index contributed by atoms with van der Waals surface area (Å²) in [6.45, 7) is 7.11. The van der Waals surface area contributed by atoms with Gasteiger partial charge < -0.3 is 4.90 Å². The van der Waals surface area contributed by atoms with Gasteiger partial charge in [-0.2, -0.15) is 11.3 Å². The van der Waals surface area contributed by atoms with Gasteiger partial charge in [0.15, 0.2) is 0 Å². The molecule has 0 bridgehead atoms. The van der Waals surface area contributed by atoms with Crippen LogP contribution in [0.3, 0.4) is 0 Å². The van der Waals surface area contributed by atoms with Crippen molar-refractivity contribution in [1.29, 1.82) is 0 Å². The zero-order valence-corrected chi connectivity index (χ0v) is 20.7. The molecule has 0 unspecified atom stereocenters. The highest BCUT2D eigenvalue weighted by Crippen LogP contribution is 2.37. The van der Waals surface area contributed by atoms with Crippen LogP contribution in [0.4, 0.5) is 0 Å². The molecule has 3 heterocycles. The van der Waals surface area contributed by atoms with Gasteiger partial charge in [0.2, 0.25) is 0 Å². The van der Waals surface area contributed by atoms with Crippen molar-refractivity contribution in [2.75, 3.05) is 32.7 Å². The number of piperidine rings is 1. The molecule has 2 aliphatic rings. The summed E-state index contributed by atoms with van der Waals surface area (Å²) in [6, 6.07) is 29.1. The average molecular weight is 467 g/mol. The summed E-state index contributed by atoms with van der Waals surface area (Å²) >= 11 is 1.85. The van der Waals surface area contributed by atoms with Gasteiger partial charge >= 0.3 is 0 Å². The molecule has 0 saturated carbocycles. The smallest absolute Gasteiger partial charge is 0.0240 e. The number of hydrogen-bond donors (Lipinski definition) is 0. The van der Waals surface area contributed by atoms with Gasteiger partial charge in [-0.15, -0.1) is 0 Å².